The third kappa shape index (κ3) is 3.54. The van der Waals surface area contributed by atoms with Gasteiger partial charge in [-0.1, -0.05) is 32.0 Å². The highest BCUT2D eigenvalue weighted by Crippen LogP contribution is 2.12. The van der Waals surface area contributed by atoms with E-state index in [1.54, 1.807) is 17.8 Å². The fourth-order valence-electron chi connectivity index (χ4n) is 1.13. The van der Waals surface area contributed by atoms with Gasteiger partial charge in [-0.3, -0.25) is 4.79 Å². The third-order valence-electron chi connectivity index (χ3n) is 1.72. The second kappa shape index (κ2) is 5.86. The topological polar surface area (TPSA) is 45.8 Å². The minimum absolute atomic E-state index is 0.0398. The summed E-state index contributed by atoms with van der Waals surface area (Å²) >= 11 is 1.61. The number of hydrogen-bond acceptors (Lipinski definition) is 3. The van der Waals surface area contributed by atoms with E-state index in [1.165, 1.54) is 0 Å². The van der Waals surface area contributed by atoms with Crippen LogP contribution in [0.1, 0.15) is 32.4 Å². The van der Waals surface area contributed by atoms with Crippen LogP contribution in [0.5, 0.6) is 0 Å². The fourth-order valence-corrected chi connectivity index (χ4v) is 1.89. The molecule has 3 nitrogen and oxygen atoms in total. The van der Waals surface area contributed by atoms with Gasteiger partial charge in [0.1, 0.15) is 0 Å². The van der Waals surface area contributed by atoms with Crippen LogP contribution in [0.3, 0.4) is 0 Å². The molecule has 1 aromatic rings. The maximum Gasteiger partial charge on any atom is 0.251 e. The molecule has 0 radical (unpaired) electrons. The summed E-state index contributed by atoms with van der Waals surface area (Å²) < 4.78 is 0. The van der Waals surface area contributed by atoms with Crippen molar-refractivity contribution in [2.24, 2.45) is 0 Å². The Balaban J connectivity index is 2.78. The zero-order valence-electron chi connectivity index (χ0n) is 8.67. The van der Waals surface area contributed by atoms with Crippen molar-refractivity contribution in [3.05, 3.63) is 22.1 Å². The van der Waals surface area contributed by atoms with Crippen LogP contribution in [0.2, 0.25) is 0 Å². The summed E-state index contributed by atoms with van der Waals surface area (Å²) in [6.45, 7) is 4.20. The van der Waals surface area contributed by atoms with Crippen LogP contribution in [0, 0.1) is 0 Å². The molecule has 0 unspecified atom stereocenters. The SMILES string of the molecule is CCCSc1nc(CCC)cc(=O)[nH]1. The molecule has 0 aromatic carbocycles. The monoisotopic (exact) mass is 212 g/mol. The van der Waals surface area contributed by atoms with Crippen molar-refractivity contribution < 1.29 is 0 Å². The lowest BCUT2D eigenvalue weighted by molar-refractivity contribution is 0.815. The molecule has 1 rings (SSSR count). The normalized spacial score (nSPS) is 10.4. The van der Waals surface area contributed by atoms with Gasteiger partial charge in [0.05, 0.1) is 0 Å². The van der Waals surface area contributed by atoms with Crippen molar-refractivity contribution >= 4 is 11.8 Å². The number of thioether (sulfide) groups is 1. The van der Waals surface area contributed by atoms with Crippen LogP contribution in [0.25, 0.3) is 0 Å². The molecule has 0 aliphatic rings. The lowest BCUT2D eigenvalue weighted by atomic mass is 10.2. The summed E-state index contributed by atoms with van der Waals surface area (Å²) in [7, 11) is 0. The molecule has 4 heteroatoms. The van der Waals surface area contributed by atoms with Crippen LogP contribution >= 0.6 is 11.8 Å². The summed E-state index contributed by atoms with van der Waals surface area (Å²) in [5, 5.41) is 0.753. The molecule has 1 aromatic heterocycles. The average Bonchev–Trinajstić information content (AvgIpc) is 2.14. The van der Waals surface area contributed by atoms with Crippen LogP contribution in [0.15, 0.2) is 16.0 Å². The van der Waals surface area contributed by atoms with E-state index >= 15 is 0 Å². The van der Waals surface area contributed by atoms with Gasteiger partial charge in [-0.15, -0.1) is 0 Å². The minimum atomic E-state index is -0.0398. The summed E-state index contributed by atoms with van der Waals surface area (Å²) in [6, 6.07) is 1.58. The first-order valence-corrected chi connectivity index (χ1v) is 5.97. The lowest BCUT2D eigenvalue weighted by Gasteiger charge is -2.01. The molecule has 0 saturated heterocycles. The Labute approximate surface area is 88.3 Å². The predicted octanol–water partition coefficient (Wildman–Crippen LogP) is 2.22. The van der Waals surface area contributed by atoms with Crippen molar-refractivity contribution in [2.75, 3.05) is 5.75 Å². The summed E-state index contributed by atoms with van der Waals surface area (Å²) in [5.41, 5.74) is 0.858. The Kier molecular flexibility index (Phi) is 4.73. The average molecular weight is 212 g/mol. The van der Waals surface area contributed by atoms with Gasteiger partial charge >= 0.3 is 0 Å². The number of rotatable bonds is 5. The first-order valence-electron chi connectivity index (χ1n) is 4.99. The van der Waals surface area contributed by atoms with Gasteiger partial charge in [0.25, 0.3) is 5.56 Å². The Hall–Kier alpha value is -0.770. The highest BCUT2D eigenvalue weighted by molar-refractivity contribution is 7.99. The van der Waals surface area contributed by atoms with Crippen molar-refractivity contribution in [2.45, 2.75) is 38.3 Å². The van der Waals surface area contributed by atoms with Crippen molar-refractivity contribution in [3.63, 3.8) is 0 Å². The lowest BCUT2D eigenvalue weighted by Crippen LogP contribution is -2.10. The number of nitrogens with zero attached hydrogens (tertiary/aromatic N) is 1. The van der Waals surface area contributed by atoms with E-state index in [0.29, 0.717) is 0 Å². The van der Waals surface area contributed by atoms with Crippen LogP contribution in [-0.2, 0) is 6.42 Å². The van der Waals surface area contributed by atoms with Gasteiger partial charge in [-0.2, -0.15) is 0 Å². The number of aromatic nitrogens is 2. The van der Waals surface area contributed by atoms with Gasteiger partial charge in [0, 0.05) is 17.5 Å². The molecule has 1 N–H and O–H groups in total. The minimum Gasteiger partial charge on any atom is -0.301 e. The Morgan fingerprint density at radius 2 is 2.21 bits per heavy atom. The second-order valence-corrected chi connectivity index (χ2v) is 4.22. The number of nitrogens with one attached hydrogen (secondary N) is 1. The highest BCUT2D eigenvalue weighted by atomic mass is 32.2. The molecule has 0 atom stereocenters. The Bertz CT molecular complexity index is 335. The smallest absolute Gasteiger partial charge is 0.251 e. The summed E-state index contributed by atoms with van der Waals surface area (Å²) in [5.74, 6) is 0.999. The van der Waals surface area contributed by atoms with E-state index < -0.39 is 0 Å². The molecule has 1 heterocycles. The standard InChI is InChI=1S/C10H16N2OS/c1-3-5-8-7-9(13)12-10(11-8)14-6-4-2/h7H,3-6H2,1-2H3,(H,11,12,13). The van der Waals surface area contributed by atoms with Gasteiger partial charge in [0.2, 0.25) is 0 Å². The van der Waals surface area contributed by atoms with E-state index in [9.17, 15) is 4.79 Å². The van der Waals surface area contributed by atoms with Crippen LogP contribution in [0.4, 0.5) is 0 Å². The van der Waals surface area contributed by atoms with E-state index in [2.05, 4.69) is 23.8 Å². The molecule has 0 saturated carbocycles. The Morgan fingerprint density at radius 1 is 1.43 bits per heavy atom. The molecule has 0 spiro atoms. The summed E-state index contributed by atoms with van der Waals surface area (Å²) in [6.07, 6.45) is 2.99. The van der Waals surface area contributed by atoms with Crippen LogP contribution in [-0.4, -0.2) is 15.7 Å². The molecule has 0 aliphatic carbocycles. The first kappa shape index (κ1) is 11.3. The van der Waals surface area contributed by atoms with Crippen LogP contribution < -0.4 is 5.56 Å². The molecule has 14 heavy (non-hydrogen) atoms. The molecule has 0 bridgehead atoms. The maximum absolute atomic E-state index is 11.2. The predicted molar refractivity (Wildman–Crippen MR) is 59.9 cm³/mol. The third-order valence-corrected chi connectivity index (χ3v) is 2.80. The maximum atomic E-state index is 11.2. The van der Waals surface area contributed by atoms with Crippen molar-refractivity contribution in [1.29, 1.82) is 0 Å². The number of aromatic amines is 1. The first-order chi connectivity index (χ1) is 6.76. The highest BCUT2D eigenvalue weighted by Gasteiger charge is 2.00. The van der Waals surface area contributed by atoms with Gasteiger partial charge < -0.3 is 4.98 Å². The molecule has 78 valence electrons. The van der Waals surface area contributed by atoms with E-state index in [-0.39, 0.29) is 5.56 Å². The number of hydrogen-bond donors (Lipinski definition) is 1. The molecular weight excluding hydrogens is 196 g/mol. The zero-order chi connectivity index (χ0) is 10.4. The summed E-state index contributed by atoms with van der Waals surface area (Å²) in [4.78, 5) is 18.3. The zero-order valence-corrected chi connectivity index (χ0v) is 9.49. The van der Waals surface area contributed by atoms with Crippen molar-refractivity contribution in [1.82, 2.24) is 9.97 Å². The molecule has 0 aliphatic heterocycles. The Morgan fingerprint density at radius 3 is 2.86 bits per heavy atom. The molecule has 0 fully saturated rings. The van der Waals surface area contributed by atoms with Crippen molar-refractivity contribution in [3.8, 4) is 0 Å². The largest absolute Gasteiger partial charge is 0.301 e. The van der Waals surface area contributed by atoms with Gasteiger partial charge in [-0.05, 0) is 12.8 Å². The molecular formula is C10H16N2OS. The van der Waals surface area contributed by atoms with E-state index in [1.807, 2.05) is 0 Å². The second-order valence-electron chi connectivity index (χ2n) is 3.14. The fraction of sp³-hybridized carbons (Fsp3) is 0.600. The quantitative estimate of drug-likeness (QED) is 0.601. The number of aryl methyl sites for hydroxylation is 1. The van der Waals surface area contributed by atoms with E-state index in [0.717, 1.165) is 35.9 Å². The van der Waals surface area contributed by atoms with E-state index in [4.69, 9.17) is 0 Å². The molecule has 0 amide bonds. The van der Waals surface area contributed by atoms with Gasteiger partial charge in [0.15, 0.2) is 5.16 Å². The number of H-pyrrole nitrogens is 1. The van der Waals surface area contributed by atoms with Gasteiger partial charge in [-0.25, -0.2) is 4.98 Å².